The molecule has 0 fully saturated rings. The number of rotatable bonds is 4. The van der Waals surface area contributed by atoms with Crippen LogP contribution in [0.5, 0.6) is 5.75 Å². The number of imidazole rings is 1. The number of fused-ring (bicyclic) bond motifs is 1. The Morgan fingerprint density at radius 2 is 2.00 bits per heavy atom. The van der Waals surface area contributed by atoms with Crippen LogP contribution in [0.2, 0.25) is 0 Å². The molecule has 0 atom stereocenters. The predicted octanol–water partition coefficient (Wildman–Crippen LogP) is 3.83. The second-order valence-corrected chi connectivity index (χ2v) is 4.86. The van der Waals surface area contributed by atoms with Crippen molar-refractivity contribution in [2.45, 2.75) is 12.4 Å². The van der Waals surface area contributed by atoms with Gasteiger partial charge in [-0.3, -0.25) is 0 Å². The number of ether oxygens (including phenoxy) is 1. The third kappa shape index (κ3) is 2.37. The number of methoxy groups -OCH3 is 1. The Kier molecular flexibility index (Phi) is 3.61. The van der Waals surface area contributed by atoms with E-state index in [9.17, 15) is 0 Å². The zero-order valence-corrected chi connectivity index (χ0v) is 12.0. The van der Waals surface area contributed by atoms with Crippen molar-refractivity contribution in [1.29, 1.82) is 0 Å². The van der Waals surface area contributed by atoms with Crippen LogP contribution in [0.25, 0.3) is 11.0 Å². The molecule has 3 rings (SSSR count). The first kappa shape index (κ1) is 13.0. The van der Waals surface area contributed by atoms with Crippen LogP contribution in [0.4, 0.5) is 0 Å². The number of benzene rings is 2. The Morgan fingerprint density at radius 3 is 2.80 bits per heavy atom. The highest BCUT2D eigenvalue weighted by Crippen LogP contribution is 2.20. The third-order valence-electron chi connectivity index (χ3n) is 3.33. The molecule has 0 radical (unpaired) electrons. The Labute approximate surface area is 122 Å². The fraction of sp³-hybridized carbons (Fsp3) is 0.188. The van der Waals surface area contributed by atoms with E-state index in [1.807, 2.05) is 36.4 Å². The van der Waals surface area contributed by atoms with Gasteiger partial charge in [0.1, 0.15) is 11.6 Å². The molecule has 0 aliphatic heterocycles. The molecule has 102 valence electrons. The average Bonchev–Trinajstić information content (AvgIpc) is 2.85. The van der Waals surface area contributed by atoms with Gasteiger partial charge in [0.05, 0.1) is 24.0 Å². The van der Waals surface area contributed by atoms with E-state index in [0.717, 1.165) is 29.2 Å². The van der Waals surface area contributed by atoms with Gasteiger partial charge in [-0.1, -0.05) is 24.3 Å². The minimum absolute atomic E-state index is 0.401. The van der Waals surface area contributed by atoms with Gasteiger partial charge in [0.2, 0.25) is 0 Å². The maximum Gasteiger partial charge on any atom is 0.125 e. The van der Waals surface area contributed by atoms with Gasteiger partial charge in [0.25, 0.3) is 0 Å². The molecule has 0 bridgehead atoms. The molecule has 2 aromatic carbocycles. The molecule has 0 N–H and O–H groups in total. The highest BCUT2D eigenvalue weighted by Gasteiger charge is 2.10. The van der Waals surface area contributed by atoms with Crippen molar-refractivity contribution in [2.75, 3.05) is 7.11 Å². The van der Waals surface area contributed by atoms with Crippen LogP contribution in [-0.4, -0.2) is 16.7 Å². The first-order valence-corrected chi connectivity index (χ1v) is 6.98. The van der Waals surface area contributed by atoms with Crippen molar-refractivity contribution in [3.63, 3.8) is 0 Å². The summed E-state index contributed by atoms with van der Waals surface area (Å²) < 4.78 is 7.42. The Balaban J connectivity index is 2.04. The zero-order chi connectivity index (χ0) is 13.9. The van der Waals surface area contributed by atoms with Crippen molar-refractivity contribution >= 4 is 22.6 Å². The molecule has 3 nitrogen and oxygen atoms in total. The van der Waals surface area contributed by atoms with E-state index in [-0.39, 0.29) is 0 Å². The lowest BCUT2D eigenvalue weighted by atomic mass is 10.2. The maximum atomic E-state index is 6.02. The van der Waals surface area contributed by atoms with Crippen LogP contribution in [0, 0.1) is 0 Å². The largest absolute Gasteiger partial charge is 0.497 e. The number of hydrogen-bond acceptors (Lipinski definition) is 2. The van der Waals surface area contributed by atoms with Crippen LogP contribution in [0.1, 0.15) is 11.4 Å². The van der Waals surface area contributed by atoms with Crippen molar-refractivity contribution in [2.24, 2.45) is 0 Å². The highest BCUT2D eigenvalue weighted by atomic mass is 35.5. The second kappa shape index (κ2) is 5.55. The summed E-state index contributed by atoms with van der Waals surface area (Å²) in [4.78, 5) is 4.57. The fourth-order valence-corrected chi connectivity index (χ4v) is 2.56. The minimum atomic E-state index is 0.401. The van der Waals surface area contributed by atoms with Crippen LogP contribution < -0.4 is 4.74 Å². The molecule has 20 heavy (non-hydrogen) atoms. The molecular formula is C16H15ClN2O. The normalized spacial score (nSPS) is 10.9. The minimum Gasteiger partial charge on any atom is -0.497 e. The summed E-state index contributed by atoms with van der Waals surface area (Å²) in [6.45, 7) is 0.736. The first-order valence-electron chi connectivity index (χ1n) is 6.45. The number of aromatic nitrogens is 2. The molecule has 0 amide bonds. The smallest absolute Gasteiger partial charge is 0.125 e. The lowest BCUT2D eigenvalue weighted by molar-refractivity contribution is 0.414. The van der Waals surface area contributed by atoms with Crippen molar-refractivity contribution in [3.05, 3.63) is 59.9 Å². The Bertz CT molecular complexity index is 736. The van der Waals surface area contributed by atoms with E-state index in [4.69, 9.17) is 16.3 Å². The number of alkyl halides is 1. The van der Waals surface area contributed by atoms with Gasteiger partial charge in [-0.15, -0.1) is 11.6 Å². The molecule has 3 aromatic rings. The lowest BCUT2D eigenvalue weighted by Gasteiger charge is -2.09. The molecule has 4 heteroatoms. The van der Waals surface area contributed by atoms with Gasteiger partial charge >= 0.3 is 0 Å². The molecule has 1 heterocycles. The van der Waals surface area contributed by atoms with Gasteiger partial charge in [-0.05, 0) is 29.8 Å². The summed E-state index contributed by atoms with van der Waals surface area (Å²) in [7, 11) is 1.68. The average molecular weight is 287 g/mol. The lowest BCUT2D eigenvalue weighted by Crippen LogP contribution is -2.04. The molecule has 0 saturated heterocycles. The fourth-order valence-electron chi connectivity index (χ4n) is 2.36. The zero-order valence-electron chi connectivity index (χ0n) is 11.2. The van der Waals surface area contributed by atoms with Gasteiger partial charge < -0.3 is 9.30 Å². The molecule has 0 spiro atoms. The van der Waals surface area contributed by atoms with Crippen LogP contribution in [0.3, 0.4) is 0 Å². The summed E-state index contributed by atoms with van der Waals surface area (Å²) in [6, 6.07) is 16.1. The SMILES string of the molecule is COc1cccc(Cn2c(CCl)nc3ccccc32)c1. The quantitative estimate of drug-likeness (QED) is 0.682. The van der Waals surface area contributed by atoms with E-state index >= 15 is 0 Å². The molecule has 0 saturated carbocycles. The molecule has 0 aliphatic rings. The van der Waals surface area contributed by atoms with Crippen LogP contribution >= 0.6 is 11.6 Å². The molecule has 1 aromatic heterocycles. The monoisotopic (exact) mass is 286 g/mol. The second-order valence-electron chi connectivity index (χ2n) is 4.59. The van der Waals surface area contributed by atoms with Crippen LogP contribution in [0.15, 0.2) is 48.5 Å². The number of hydrogen-bond donors (Lipinski definition) is 0. The van der Waals surface area contributed by atoms with Crippen molar-refractivity contribution < 1.29 is 4.74 Å². The van der Waals surface area contributed by atoms with Gasteiger partial charge in [0, 0.05) is 6.54 Å². The summed E-state index contributed by atoms with van der Waals surface area (Å²) in [5, 5.41) is 0. The van der Waals surface area contributed by atoms with E-state index in [0.29, 0.717) is 5.88 Å². The Hall–Kier alpha value is -2.00. The van der Waals surface area contributed by atoms with Gasteiger partial charge in [-0.25, -0.2) is 4.98 Å². The van der Waals surface area contributed by atoms with E-state index in [2.05, 4.69) is 21.7 Å². The van der Waals surface area contributed by atoms with Gasteiger partial charge in [-0.2, -0.15) is 0 Å². The summed E-state index contributed by atoms with van der Waals surface area (Å²) in [6.07, 6.45) is 0. The summed E-state index contributed by atoms with van der Waals surface area (Å²) in [5.41, 5.74) is 3.25. The summed E-state index contributed by atoms with van der Waals surface area (Å²) in [5.74, 6) is 2.15. The van der Waals surface area contributed by atoms with Crippen LogP contribution in [-0.2, 0) is 12.4 Å². The first-order chi connectivity index (χ1) is 9.81. The Morgan fingerprint density at radius 1 is 1.15 bits per heavy atom. The van der Waals surface area contributed by atoms with Gasteiger partial charge in [0.15, 0.2) is 0 Å². The van der Waals surface area contributed by atoms with E-state index in [1.165, 1.54) is 5.56 Å². The van der Waals surface area contributed by atoms with Crippen molar-refractivity contribution in [1.82, 2.24) is 9.55 Å². The highest BCUT2D eigenvalue weighted by molar-refractivity contribution is 6.16. The molecule has 0 aliphatic carbocycles. The van der Waals surface area contributed by atoms with E-state index in [1.54, 1.807) is 7.11 Å². The maximum absolute atomic E-state index is 6.02. The molecular weight excluding hydrogens is 272 g/mol. The number of halogens is 1. The number of para-hydroxylation sites is 2. The third-order valence-corrected chi connectivity index (χ3v) is 3.57. The van der Waals surface area contributed by atoms with Crippen molar-refractivity contribution in [3.8, 4) is 5.75 Å². The number of nitrogens with zero attached hydrogens (tertiary/aromatic N) is 2. The predicted molar refractivity (Wildman–Crippen MR) is 81.4 cm³/mol. The standard InChI is InChI=1S/C16H15ClN2O/c1-20-13-6-4-5-12(9-13)11-19-15-8-3-2-7-14(15)18-16(19)10-17/h2-9H,10-11H2,1H3. The summed E-state index contributed by atoms with van der Waals surface area (Å²) >= 11 is 6.02. The topological polar surface area (TPSA) is 27.1 Å². The van der Waals surface area contributed by atoms with E-state index < -0.39 is 0 Å². The molecule has 0 unspecified atom stereocenters.